The van der Waals surface area contributed by atoms with Crippen LogP contribution in [0, 0.1) is 0 Å². The minimum absolute atomic E-state index is 0. The van der Waals surface area contributed by atoms with Crippen molar-refractivity contribution in [2.45, 2.75) is 0 Å². The molecule has 0 bridgehead atoms. The first-order valence-electron chi connectivity index (χ1n) is 2.56. The number of rotatable bonds is 3. The van der Waals surface area contributed by atoms with Gasteiger partial charge in [0.15, 0.2) is 0 Å². The van der Waals surface area contributed by atoms with E-state index in [1.165, 1.54) is 0 Å². The Bertz CT molecular complexity index is 124. The van der Waals surface area contributed by atoms with Crippen LogP contribution in [0.5, 0.6) is 0 Å². The minimum Gasteiger partial charge on any atom is -0.369 e. The summed E-state index contributed by atoms with van der Waals surface area (Å²) in [6.45, 7) is 1.42. The largest absolute Gasteiger partial charge is 0.369 e. The Kier molecular flexibility index (Phi) is 12.0. The summed E-state index contributed by atoms with van der Waals surface area (Å²) in [5, 5.41) is 5.68. The van der Waals surface area contributed by atoms with E-state index in [1.54, 1.807) is 0 Å². The van der Waals surface area contributed by atoms with Gasteiger partial charge in [0.2, 0.25) is 0 Å². The predicted octanol–water partition coefficient (Wildman–Crippen LogP) is 0.592. The van der Waals surface area contributed by atoms with E-state index in [9.17, 15) is 0 Å². The minimum atomic E-state index is 0. The molecule has 0 fully saturated rings. The van der Waals surface area contributed by atoms with Crippen LogP contribution in [0.25, 0.3) is 0 Å². The molecule has 2 N–H and O–H groups in total. The van der Waals surface area contributed by atoms with Gasteiger partial charge in [0.25, 0.3) is 0 Å². The van der Waals surface area contributed by atoms with Gasteiger partial charge >= 0.3 is 0 Å². The summed E-state index contributed by atoms with van der Waals surface area (Å²) in [6.07, 6.45) is 0. The molecule has 0 saturated carbocycles. The molecule has 0 aromatic carbocycles. The summed E-state index contributed by atoms with van der Waals surface area (Å²) in [4.78, 5) is 0. The number of hydrogen-bond donors (Lipinski definition) is 4. The van der Waals surface area contributed by atoms with E-state index in [0.29, 0.717) is 21.7 Å². The first-order chi connectivity index (χ1) is 4.63. The van der Waals surface area contributed by atoms with Gasteiger partial charge < -0.3 is 10.6 Å². The molecule has 0 aromatic rings. The van der Waals surface area contributed by atoms with E-state index in [0.717, 1.165) is 0 Å². The predicted molar refractivity (Wildman–Crippen MR) is 59.2 cm³/mol. The summed E-state index contributed by atoms with van der Waals surface area (Å²) < 4.78 is 0.985. The van der Waals surface area contributed by atoms with Crippen molar-refractivity contribution < 1.29 is 17.1 Å². The van der Waals surface area contributed by atoms with Crippen LogP contribution in [-0.2, 0) is 17.1 Å². The second kappa shape index (κ2) is 9.09. The van der Waals surface area contributed by atoms with Gasteiger partial charge in [-0.3, -0.25) is 0 Å². The van der Waals surface area contributed by atoms with E-state index >= 15 is 0 Å². The molecule has 0 aromatic heterocycles. The standard InChI is InChI=1S/C4H8N2S4.Mn/c7-3(8)5-1-2-6-4(9)10;/h1-2H2,(H2,5,7,8)(H2,6,9,10);. The van der Waals surface area contributed by atoms with Crippen molar-refractivity contribution in [1.82, 2.24) is 10.6 Å². The fraction of sp³-hybridized carbons (Fsp3) is 0.500. The third kappa shape index (κ3) is 13.9. The van der Waals surface area contributed by atoms with Crippen LogP contribution >= 0.6 is 49.7 Å². The average molecular weight is 267 g/mol. The number of thiocarbonyl (C=S) groups is 2. The fourth-order valence-corrected chi connectivity index (χ4v) is 0.767. The fourth-order valence-electron chi connectivity index (χ4n) is 0.339. The van der Waals surface area contributed by atoms with Gasteiger partial charge in [-0.05, 0) is 0 Å². The van der Waals surface area contributed by atoms with E-state index in [-0.39, 0.29) is 17.1 Å². The second-order valence-electron chi connectivity index (χ2n) is 1.46. The first kappa shape index (κ1) is 14.5. The van der Waals surface area contributed by atoms with Crippen molar-refractivity contribution in [3.8, 4) is 0 Å². The third-order valence-corrected chi connectivity index (χ3v) is 1.28. The van der Waals surface area contributed by atoms with Crippen LogP contribution < -0.4 is 10.6 Å². The Morgan fingerprint density at radius 2 is 1.27 bits per heavy atom. The maximum absolute atomic E-state index is 4.65. The maximum Gasteiger partial charge on any atom is 0.130 e. The monoisotopic (exact) mass is 267 g/mol. The van der Waals surface area contributed by atoms with Crippen LogP contribution in [0.2, 0.25) is 0 Å². The molecular formula is C4H8MnN2S4. The molecule has 7 heteroatoms. The van der Waals surface area contributed by atoms with Crippen LogP contribution in [0.3, 0.4) is 0 Å². The Labute approximate surface area is 98.6 Å². The topological polar surface area (TPSA) is 24.1 Å². The number of nitrogens with one attached hydrogen (secondary N) is 2. The second-order valence-corrected chi connectivity index (χ2v) is 3.78. The summed E-state index contributed by atoms with van der Waals surface area (Å²) >= 11 is 17.0. The van der Waals surface area contributed by atoms with Crippen molar-refractivity contribution in [3.05, 3.63) is 0 Å². The van der Waals surface area contributed by atoms with Crippen molar-refractivity contribution in [1.29, 1.82) is 0 Å². The summed E-state index contributed by atoms with van der Waals surface area (Å²) in [7, 11) is 0. The Morgan fingerprint density at radius 1 is 1.00 bits per heavy atom. The van der Waals surface area contributed by atoms with Crippen molar-refractivity contribution in [2.75, 3.05) is 13.1 Å². The Balaban J connectivity index is 0. The van der Waals surface area contributed by atoms with Crippen LogP contribution in [-0.4, -0.2) is 21.7 Å². The van der Waals surface area contributed by atoms with Gasteiger partial charge in [-0.1, -0.05) is 24.4 Å². The zero-order valence-electron chi connectivity index (χ0n) is 5.50. The maximum atomic E-state index is 4.65. The summed E-state index contributed by atoms with van der Waals surface area (Å²) in [5.74, 6) is 0. The molecule has 0 amide bonds. The van der Waals surface area contributed by atoms with Crippen LogP contribution in [0.1, 0.15) is 0 Å². The zero-order valence-corrected chi connectivity index (χ0v) is 10.1. The van der Waals surface area contributed by atoms with Gasteiger partial charge in [-0.2, -0.15) is 0 Å². The molecule has 0 atom stereocenters. The van der Waals surface area contributed by atoms with Gasteiger partial charge in [0, 0.05) is 30.2 Å². The SMILES string of the molecule is S=C(S)NCCNC(=S)S.[Mn]. The molecule has 0 aliphatic carbocycles. The molecule has 0 aliphatic rings. The molecule has 0 unspecified atom stereocenters. The van der Waals surface area contributed by atoms with Gasteiger partial charge in [-0.15, -0.1) is 25.3 Å². The smallest absolute Gasteiger partial charge is 0.130 e. The van der Waals surface area contributed by atoms with Gasteiger partial charge in [0.05, 0.1) is 0 Å². The summed E-state index contributed by atoms with van der Waals surface area (Å²) in [6, 6.07) is 0. The van der Waals surface area contributed by atoms with E-state index < -0.39 is 0 Å². The molecule has 0 aliphatic heterocycles. The third-order valence-electron chi connectivity index (χ3n) is 0.677. The molecule has 11 heavy (non-hydrogen) atoms. The Morgan fingerprint density at radius 3 is 1.45 bits per heavy atom. The quantitative estimate of drug-likeness (QED) is 0.260. The molecule has 65 valence electrons. The average Bonchev–Trinajstić information content (AvgIpc) is 1.79. The van der Waals surface area contributed by atoms with Gasteiger partial charge in [-0.25, -0.2) is 0 Å². The molecule has 0 rings (SSSR count). The number of hydrogen-bond acceptors (Lipinski definition) is 2. The van der Waals surface area contributed by atoms with E-state index in [1.807, 2.05) is 0 Å². The van der Waals surface area contributed by atoms with E-state index in [4.69, 9.17) is 0 Å². The molecular weight excluding hydrogens is 259 g/mol. The van der Waals surface area contributed by atoms with E-state index in [2.05, 4.69) is 60.3 Å². The Hall–Kier alpha value is 0.999. The normalized spacial score (nSPS) is 7.82. The summed E-state index contributed by atoms with van der Waals surface area (Å²) in [5.41, 5.74) is 0. The van der Waals surface area contributed by atoms with Crippen molar-refractivity contribution in [2.24, 2.45) is 0 Å². The molecule has 0 heterocycles. The number of thiol groups is 2. The molecule has 0 saturated heterocycles. The zero-order chi connectivity index (χ0) is 7.98. The van der Waals surface area contributed by atoms with Gasteiger partial charge in [0.1, 0.15) is 8.64 Å². The first-order valence-corrected chi connectivity index (χ1v) is 4.27. The van der Waals surface area contributed by atoms with Crippen LogP contribution in [0.4, 0.5) is 0 Å². The van der Waals surface area contributed by atoms with Crippen molar-refractivity contribution >= 4 is 58.3 Å². The molecule has 1 radical (unpaired) electrons. The van der Waals surface area contributed by atoms with Crippen LogP contribution in [0.15, 0.2) is 0 Å². The van der Waals surface area contributed by atoms with Crippen molar-refractivity contribution in [3.63, 3.8) is 0 Å². The molecule has 0 spiro atoms. The molecule has 2 nitrogen and oxygen atoms in total.